The lowest BCUT2D eigenvalue weighted by molar-refractivity contribution is 0.0697. The van der Waals surface area contributed by atoms with Gasteiger partial charge in [0.25, 0.3) is 0 Å². The average molecular weight is 674 g/mol. The maximum atomic E-state index is 15.5. The number of anilines is 5. The fraction of sp³-hybridized carbons (Fsp3) is 0. The molecule has 0 atom stereocenters. The van der Waals surface area contributed by atoms with Crippen LogP contribution < -0.4 is 16.1 Å². The zero-order valence-electron chi connectivity index (χ0n) is 14.7. The molecule has 3 rings (SSSR count). The van der Waals surface area contributed by atoms with Crippen LogP contribution in [0.5, 0.6) is 0 Å². The van der Waals surface area contributed by atoms with Crippen molar-refractivity contribution < 1.29 is 19.5 Å². The third kappa shape index (κ3) is 5.02. The predicted octanol–water partition coefficient (Wildman–Crippen LogP) is 7.33. The molecule has 3 aromatic rings. The van der Waals surface area contributed by atoms with Crippen molar-refractivity contribution in [1.29, 1.82) is 0 Å². The van der Waals surface area contributed by atoms with E-state index in [1.807, 2.05) is 5.48 Å². The predicted molar refractivity (Wildman–Crippen MR) is 134 cm³/mol. The highest BCUT2D eigenvalue weighted by Crippen LogP contribution is 2.40. The number of halogens is 5. The van der Waals surface area contributed by atoms with Crippen molar-refractivity contribution in [1.82, 2.24) is 0 Å². The Balaban J connectivity index is 2.15. The second kappa shape index (κ2) is 9.73. The number of carboxylic acids is 1. The number of aromatic carboxylic acids is 1. The summed E-state index contributed by atoms with van der Waals surface area (Å²) in [6.07, 6.45) is 0. The van der Waals surface area contributed by atoms with Crippen LogP contribution >= 0.6 is 68.4 Å². The molecule has 6 nitrogen and oxygen atoms in total. The van der Waals surface area contributed by atoms with E-state index >= 15 is 4.39 Å². The number of benzene rings is 3. The van der Waals surface area contributed by atoms with E-state index in [0.29, 0.717) is 16.4 Å². The van der Waals surface area contributed by atoms with Crippen LogP contribution in [0.4, 0.5) is 32.8 Å². The number of carbonyl (C=O) groups is 1. The Morgan fingerprint density at radius 2 is 1.37 bits per heavy atom. The molecule has 30 heavy (non-hydrogen) atoms. The lowest BCUT2D eigenvalue weighted by atomic mass is 10.1. The Morgan fingerprint density at radius 3 is 1.80 bits per heavy atom. The molecule has 0 bridgehead atoms. The van der Waals surface area contributed by atoms with Crippen LogP contribution in [0.25, 0.3) is 0 Å². The molecule has 11 heteroatoms. The SMILES string of the molecule is O=C(O)c1cc(NO)c(Nc2ccc(I)cc2Cl)c(F)c1Nc1ccc(I)cc1Cl. The molecule has 0 spiro atoms. The molecule has 0 heterocycles. The summed E-state index contributed by atoms with van der Waals surface area (Å²) in [7, 11) is 0. The normalized spacial score (nSPS) is 10.6. The van der Waals surface area contributed by atoms with Gasteiger partial charge < -0.3 is 15.7 Å². The second-order valence-corrected chi connectivity index (χ2v) is 9.26. The van der Waals surface area contributed by atoms with Gasteiger partial charge in [0, 0.05) is 7.14 Å². The minimum atomic E-state index is -1.40. The summed E-state index contributed by atoms with van der Waals surface area (Å²) >= 11 is 16.6. The Hall–Kier alpha value is -1.54. The smallest absolute Gasteiger partial charge is 0.338 e. The molecule has 0 saturated heterocycles. The molecule has 0 aromatic heterocycles. The number of carboxylic acid groups (broad SMARTS) is 1. The highest BCUT2D eigenvalue weighted by atomic mass is 127. The van der Waals surface area contributed by atoms with E-state index in [1.54, 1.807) is 36.4 Å². The summed E-state index contributed by atoms with van der Waals surface area (Å²) in [4.78, 5) is 11.7. The Kier molecular flexibility index (Phi) is 7.50. The number of hydrogen-bond acceptors (Lipinski definition) is 5. The maximum absolute atomic E-state index is 15.5. The molecule has 156 valence electrons. The molecular formula is C19H12Cl2FI2N3O3. The molecule has 5 N–H and O–H groups in total. The van der Waals surface area contributed by atoms with Crippen LogP contribution in [0.15, 0.2) is 42.5 Å². The molecule has 3 aromatic carbocycles. The minimum absolute atomic E-state index is 0.182. The minimum Gasteiger partial charge on any atom is -0.478 e. The first-order valence-electron chi connectivity index (χ1n) is 8.15. The highest BCUT2D eigenvalue weighted by Gasteiger charge is 2.23. The molecular weight excluding hydrogens is 662 g/mol. The van der Waals surface area contributed by atoms with Crippen molar-refractivity contribution in [2.75, 3.05) is 16.1 Å². The van der Waals surface area contributed by atoms with Crippen molar-refractivity contribution in [2.24, 2.45) is 0 Å². The zero-order chi connectivity index (χ0) is 22.0. The van der Waals surface area contributed by atoms with Crippen LogP contribution in [-0.4, -0.2) is 16.3 Å². The monoisotopic (exact) mass is 673 g/mol. The molecule has 0 saturated carbocycles. The van der Waals surface area contributed by atoms with Gasteiger partial charge in [-0.2, -0.15) is 0 Å². The first-order chi connectivity index (χ1) is 14.2. The van der Waals surface area contributed by atoms with Crippen molar-refractivity contribution in [3.05, 3.63) is 71.0 Å². The van der Waals surface area contributed by atoms with E-state index in [1.165, 1.54) is 0 Å². The zero-order valence-corrected chi connectivity index (χ0v) is 20.6. The second-order valence-electron chi connectivity index (χ2n) is 5.95. The van der Waals surface area contributed by atoms with Gasteiger partial charge in [-0.25, -0.2) is 9.18 Å². The van der Waals surface area contributed by atoms with E-state index < -0.39 is 17.3 Å². The van der Waals surface area contributed by atoms with Crippen molar-refractivity contribution in [3.63, 3.8) is 0 Å². The molecule has 0 radical (unpaired) electrons. The fourth-order valence-corrected chi connectivity index (χ4v) is 4.41. The Bertz CT molecular complexity index is 1150. The lowest BCUT2D eigenvalue weighted by Crippen LogP contribution is -2.10. The van der Waals surface area contributed by atoms with Gasteiger partial charge in [0.15, 0.2) is 5.82 Å². The third-order valence-electron chi connectivity index (χ3n) is 4.00. The lowest BCUT2D eigenvalue weighted by Gasteiger charge is -2.19. The first kappa shape index (κ1) is 23.1. The first-order valence-corrected chi connectivity index (χ1v) is 11.1. The maximum Gasteiger partial charge on any atom is 0.338 e. The van der Waals surface area contributed by atoms with Gasteiger partial charge >= 0.3 is 5.97 Å². The van der Waals surface area contributed by atoms with Crippen molar-refractivity contribution in [3.8, 4) is 0 Å². The van der Waals surface area contributed by atoms with Gasteiger partial charge in [0.1, 0.15) is 5.69 Å². The van der Waals surface area contributed by atoms with E-state index in [0.717, 1.165) is 13.2 Å². The van der Waals surface area contributed by atoms with E-state index in [2.05, 4.69) is 55.8 Å². The molecule has 0 aliphatic heterocycles. The van der Waals surface area contributed by atoms with Gasteiger partial charge in [-0.15, -0.1) is 0 Å². The molecule has 0 unspecified atom stereocenters. The van der Waals surface area contributed by atoms with Crippen LogP contribution in [0.3, 0.4) is 0 Å². The molecule has 0 aliphatic carbocycles. The largest absolute Gasteiger partial charge is 0.478 e. The third-order valence-corrected chi connectivity index (χ3v) is 5.97. The summed E-state index contributed by atoms with van der Waals surface area (Å²) in [6.45, 7) is 0. The van der Waals surface area contributed by atoms with Gasteiger partial charge in [0.05, 0.1) is 38.4 Å². The summed E-state index contributed by atoms with van der Waals surface area (Å²) in [5, 5.41) is 25.2. The number of nitrogens with one attached hydrogen (secondary N) is 3. The van der Waals surface area contributed by atoms with Gasteiger partial charge in [-0.1, -0.05) is 23.2 Å². The fourth-order valence-electron chi connectivity index (χ4n) is 2.60. The van der Waals surface area contributed by atoms with Crippen LogP contribution in [-0.2, 0) is 0 Å². The standard InChI is InChI=1S/C19H12Cl2FI2N3O3/c20-11-5-8(23)1-3-13(11)25-17-10(19(28)29)7-15(27-30)18(16(17)22)26-14-4-2-9(24)6-12(14)21/h1-7,25-27,30H,(H,28,29). The molecule has 0 fully saturated rings. The highest BCUT2D eigenvalue weighted by molar-refractivity contribution is 14.1. The summed E-state index contributed by atoms with van der Waals surface area (Å²) in [5.41, 5.74) is 1.41. The Labute approximate surface area is 208 Å². The van der Waals surface area contributed by atoms with Crippen LogP contribution in [0, 0.1) is 13.0 Å². The van der Waals surface area contributed by atoms with E-state index in [9.17, 15) is 15.1 Å². The van der Waals surface area contributed by atoms with Crippen LogP contribution in [0.2, 0.25) is 10.0 Å². The number of rotatable bonds is 6. The summed E-state index contributed by atoms with van der Waals surface area (Å²) < 4.78 is 17.2. The quantitative estimate of drug-likeness (QED) is 0.139. The van der Waals surface area contributed by atoms with Crippen molar-refractivity contribution >= 4 is 103 Å². The summed E-state index contributed by atoms with van der Waals surface area (Å²) in [5.74, 6) is -2.34. The van der Waals surface area contributed by atoms with Gasteiger partial charge in [0.2, 0.25) is 0 Å². The van der Waals surface area contributed by atoms with E-state index in [4.69, 9.17) is 23.2 Å². The van der Waals surface area contributed by atoms with E-state index in [-0.39, 0.29) is 22.1 Å². The topological polar surface area (TPSA) is 93.6 Å². The van der Waals surface area contributed by atoms with Crippen LogP contribution in [0.1, 0.15) is 10.4 Å². The Morgan fingerprint density at radius 1 is 0.867 bits per heavy atom. The van der Waals surface area contributed by atoms with Crippen molar-refractivity contribution in [2.45, 2.75) is 0 Å². The molecule has 0 aliphatic rings. The molecule has 0 amide bonds. The average Bonchev–Trinajstić information content (AvgIpc) is 2.68. The number of hydrogen-bond donors (Lipinski definition) is 5. The van der Waals surface area contributed by atoms with Gasteiger partial charge in [-0.05, 0) is 87.6 Å². The summed E-state index contributed by atoms with van der Waals surface area (Å²) in [6, 6.07) is 11.2. The van der Waals surface area contributed by atoms with Gasteiger partial charge in [-0.3, -0.25) is 10.7 Å².